The van der Waals surface area contributed by atoms with Crippen molar-refractivity contribution in [2.75, 3.05) is 11.9 Å². The number of hydrogen-bond acceptors (Lipinski definition) is 2. The average molecular weight is 235 g/mol. The van der Waals surface area contributed by atoms with Gasteiger partial charge in [-0.2, -0.15) is 5.10 Å². The molecule has 1 aliphatic rings. The summed E-state index contributed by atoms with van der Waals surface area (Å²) in [6.45, 7) is 1.02. The Kier molecular flexibility index (Phi) is 1.94. The fourth-order valence-electron chi connectivity index (χ4n) is 2.73. The van der Waals surface area contributed by atoms with E-state index in [1.807, 2.05) is 6.07 Å². The van der Waals surface area contributed by atoms with E-state index in [-0.39, 0.29) is 0 Å². The Morgan fingerprint density at radius 2 is 1.94 bits per heavy atom. The van der Waals surface area contributed by atoms with Crippen LogP contribution in [0.1, 0.15) is 5.56 Å². The summed E-state index contributed by atoms with van der Waals surface area (Å²) in [6.07, 6.45) is 1.08. The molecule has 1 aromatic heterocycles. The van der Waals surface area contributed by atoms with Crippen molar-refractivity contribution >= 4 is 16.6 Å². The minimum atomic E-state index is 1.02. The molecule has 18 heavy (non-hydrogen) atoms. The normalized spacial score (nSPS) is 13.6. The molecule has 88 valence electrons. The first-order valence-corrected chi connectivity index (χ1v) is 6.23. The number of benzene rings is 2. The van der Waals surface area contributed by atoms with Gasteiger partial charge in [0.25, 0.3) is 0 Å². The van der Waals surface area contributed by atoms with Crippen LogP contribution in [0.25, 0.3) is 22.2 Å². The molecule has 0 fully saturated rings. The summed E-state index contributed by atoms with van der Waals surface area (Å²) < 4.78 is 0. The summed E-state index contributed by atoms with van der Waals surface area (Å²) in [5.74, 6) is 0. The Balaban J connectivity index is 2.01. The van der Waals surface area contributed by atoms with Gasteiger partial charge in [-0.15, -0.1) is 0 Å². The fourth-order valence-corrected chi connectivity index (χ4v) is 2.73. The Morgan fingerprint density at radius 1 is 1.00 bits per heavy atom. The van der Waals surface area contributed by atoms with Gasteiger partial charge in [0.15, 0.2) is 0 Å². The molecular weight excluding hydrogens is 222 g/mol. The standard InChI is InChI=1S/C15H13N3/c1-2-6-14-12(4-1)15(18-17-14)11-5-3-7-13-10(11)8-9-16-13/h1-7,16H,8-9H2,(H,17,18). The van der Waals surface area contributed by atoms with Crippen LogP contribution in [-0.4, -0.2) is 16.7 Å². The van der Waals surface area contributed by atoms with Crippen molar-refractivity contribution in [1.29, 1.82) is 0 Å². The van der Waals surface area contributed by atoms with E-state index < -0.39 is 0 Å². The number of H-pyrrole nitrogens is 1. The number of fused-ring (bicyclic) bond motifs is 2. The molecule has 0 unspecified atom stereocenters. The van der Waals surface area contributed by atoms with Gasteiger partial charge in [0.05, 0.1) is 5.52 Å². The van der Waals surface area contributed by atoms with Gasteiger partial charge in [0.1, 0.15) is 5.69 Å². The predicted octanol–water partition coefficient (Wildman–Crippen LogP) is 3.20. The molecule has 3 heteroatoms. The van der Waals surface area contributed by atoms with Crippen molar-refractivity contribution in [3.8, 4) is 11.3 Å². The zero-order valence-electron chi connectivity index (χ0n) is 9.90. The van der Waals surface area contributed by atoms with E-state index in [1.54, 1.807) is 0 Å². The Morgan fingerprint density at radius 3 is 2.94 bits per heavy atom. The topological polar surface area (TPSA) is 40.7 Å². The molecule has 2 N–H and O–H groups in total. The van der Waals surface area contributed by atoms with Gasteiger partial charge in [-0.05, 0) is 24.1 Å². The monoisotopic (exact) mass is 235 g/mol. The number of hydrogen-bond donors (Lipinski definition) is 2. The highest BCUT2D eigenvalue weighted by Crippen LogP contribution is 2.34. The maximum absolute atomic E-state index is 4.49. The summed E-state index contributed by atoms with van der Waals surface area (Å²) in [7, 11) is 0. The first-order chi connectivity index (χ1) is 8.93. The Labute approximate surface area is 105 Å². The summed E-state index contributed by atoms with van der Waals surface area (Å²) in [6, 6.07) is 14.7. The molecule has 0 radical (unpaired) electrons. The van der Waals surface area contributed by atoms with E-state index in [0.29, 0.717) is 0 Å². The van der Waals surface area contributed by atoms with Crippen molar-refractivity contribution in [2.45, 2.75) is 6.42 Å². The molecule has 0 saturated heterocycles. The lowest BCUT2D eigenvalue weighted by Crippen LogP contribution is -1.90. The van der Waals surface area contributed by atoms with Crippen molar-refractivity contribution in [1.82, 2.24) is 10.2 Å². The van der Waals surface area contributed by atoms with E-state index in [1.165, 1.54) is 22.2 Å². The predicted molar refractivity (Wildman–Crippen MR) is 73.7 cm³/mol. The molecule has 3 nitrogen and oxygen atoms in total. The number of para-hydroxylation sites is 1. The third-order valence-corrected chi connectivity index (χ3v) is 3.59. The highest BCUT2D eigenvalue weighted by atomic mass is 15.1. The van der Waals surface area contributed by atoms with Gasteiger partial charge in [0, 0.05) is 23.2 Å². The van der Waals surface area contributed by atoms with E-state index >= 15 is 0 Å². The number of anilines is 1. The van der Waals surface area contributed by atoms with Gasteiger partial charge >= 0.3 is 0 Å². The minimum absolute atomic E-state index is 1.02. The van der Waals surface area contributed by atoms with Gasteiger partial charge in [-0.1, -0.05) is 30.3 Å². The molecule has 2 aromatic carbocycles. The lowest BCUT2D eigenvalue weighted by molar-refractivity contribution is 1.09. The van der Waals surface area contributed by atoms with Crippen molar-refractivity contribution in [3.05, 3.63) is 48.0 Å². The van der Waals surface area contributed by atoms with Crippen LogP contribution >= 0.6 is 0 Å². The number of aromatic nitrogens is 2. The van der Waals surface area contributed by atoms with Crippen LogP contribution in [0.3, 0.4) is 0 Å². The lowest BCUT2D eigenvalue weighted by Gasteiger charge is -2.05. The summed E-state index contributed by atoms with van der Waals surface area (Å²) in [5, 5.41) is 12.2. The van der Waals surface area contributed by atoms with Gasteiger partial charge < -0.3 is 5.32 Å². The molecular formula is C15H13N3. The zero-order chi connectivity index (χ0) is 11.9. The van der Waals surface area contributed by atoms with Gasteiger partial charge in [-0.25, -0.2) is 0 Å². The molecule has 4 rings (SSSR count). The molecule has 0 bridgehead atoms. The number of rotatable bonds is 1. The van der Waals surface area contributed by atoms with Crippen LogP contribution in [0.2, 0.25) is 0 Å². The van der Waals surface area contributed by atoms with Crippen LogP contribution in [-0.2, 0) is 6.42 Å². The van der Waals surface area contributed by atoms with Crippen LogP contribution in [0.4, 0.5) is 5.69 Å². The van der Waals surface area contributed by atoms with Crippen molar-refractivity contribution in [3.63, 3.8) is 0 Å². The van der Waals surface area contributed by atoms with Crippen LogP contribution in [0.15, 0.2) is 42.5 Å². The Hall–Kier alpha value is -2.29. The average Bonchev–Trinajstić information content (AvgIpc) is 3.05. The third kappa shape index (κ3) is 1.27. The van der Waals surface area contributed by atoms with E-state index in [9.17, 15) is 0 Å². The van der Waals surface area contributed by atoms with Gasteiger partial charge in [0.2, 0.25) is 0 Å². The lowest BCUT2D eigenvalue weighted by atomic mass is 10.00. The maximum Gasteiger partial charge on any atom is 0.100 e. The second-order valence-corrected chi connectivity index (χ2v) is 4.63. The largest absolute Gasteiger partial charge is 0.384 e. The first-order valence-electron chi connectivity index (χ1n) is 6.23. The van der Waals surface area contributed by atoms with Crippen LogP contribution < -0.4 is 5.32 Å². The molecule has 0 atom stereocenters. The maximum atomic E-state index is 4.49. The quantitative estimate of drug-likeness (QED) is 0.680. The molecule has 3 aromatic rings. The van der Waals surface area contributed by atoms with Crippen molar-refractivity contribution in [2.24, 2.45) is 0 Å². The summed E-state index contributed by atoms with van der Waals surface area (Å²) in [5.41, 5.74) is 6.03. The number of nitrogens with zero attached hydrogens (tertiary/aromatic N) is 1. The first kappa shape index (κ1) is 9.71. The summed E-state index contributed by atoms with van der Waals surface area (Å²) in [4.78, 5) is 0. The molecule has 0 saturated carbocycles. The van der Waals surface area contributed by atoms with E-state index in [2.05, 4.69) is 51.9 Å². The highest BCUT2D eigenvalue weighted by Gasteiger charge is 2.17. The zero-order valence-corrected chi connectivity index (χ0v) is 9.90. The van der Waals surface area contributed by atoms with Gasteiger partial charge in [-0.3, -0.25) is 5.10 Å². The second kappa shape index (κ2) is 3.60. The summed E-state index contributed by atoms with van der Waals surface area (Å²) >= 11 is 0. The van der Waals surface area contributed by atoms with E-state index in [0.717, 1.165) is 24.2 Å². The Bertz CT molecular complexity index is 727. The third-order valence-electron chi connectivity index (χ3n) is 3.59. The minimum Gasteiger partial charge on any atom is -0.384 e. The molecule has 0 aliphatic carbocycles. The SMILES string of the molecule is c1cc2c(c(-c3n[nH]c4ccccc34)c1)CCN2. The fraction of sp³-hybridized carbons (Fsp3) is 0.133. The second-order valence-electron chi connectivity index (χ2n) is 4.63. The highest BCUT2D eigenvalue weighted by molar-refractivity contribution is 5.94. The van der Waals surface area contributed by atoms with E-state index in [4.69, 9.17) is 0 Å². The molecule has 0 spiro atoms. The van der Waals surface area contributed by atoms with Crippen molar-refractivity contribution < 1.29 is 0 Å². The van der Waals surface area contributed by atoms with Crippen LogP contribution in [0, 0.1) is 0 Å². The van der Waals surface area contributed by atoms with Crippen LogP contribution in [0.5, 0.6) is 0 Å². The molecule has 2 heterocycles. The molecule has 1 aliphatic heterocycles. The number of nitrogens with one attached hydrogen (secondary N) is 2. The number of aromatic amines is 1. The smallest absolute Gasteiger partial charge is 0.100 e. The molecule has 0 amide bonds.